The summed E-state index contributed by atoms with van der Waals surface area (Å²) in [4.78, 5) is 23.5. The van der Waals surface area contributed by atoms with E-state index in [0.717, 1.165) is 36.1 Å². The van der Waals surface area contributed by atoms with Gasteiger partial charge < -0.3 is 4.79 Å². The van der Waals surface area contributed by atoms with Crippen LogP contribution in [-0.4, -0.2) is 18.6 Å². The van der Waals surface area contributed by atoms with E-state index in [0.29, 0.717) is 25.2 Å². The monoisotopic (exact) mass is 402 g/mol. The number of nitrogens with zero attached hydrogens (tertiary/aromatic N) is 2. The zero-order valence-electron chi connectivity index (χ0n) is 18.1. The van der Waals surface area contributed by atoms with E-state index in [-0.39, 0.29) is 11.6 Å². The summed E-state index contributed by atoms with van der Waals surface area (Å²) in [6, 6.07) is 16.9. The van der Waals surface area contributed by atoms with Gasteiger partial charge in [-0.3, -0.25) is 4.79 Å². The maximum absolute atomic E-state index is 12.3. The molecular formula is C26H30N2O2. The molecule has 3 rings (SSSR count). The first kappa shape index (κ1) is 21.8. The zero-order chi connectivity index (χ0) is 21.5. The summed E-state index contributed by atoms with van der Waals surface area (Å²) in [6.45, 7) is 3.66. The Labute approximate surface area is 179 Å². The molecule has 0 radical (unpaired) electrons. The quantitative estimate of drug-likeness (QED) is 0.526. The molecule has 0 heterocycles. The second-order valence-corrected chi connectivity index (χ2v) is 8.14. The minimum atomic E-state index is 0.0767. The second kappa shape index (κ2) is 10.2. The number of hydrogen-bond acceptors (Lipinski definition) is 4. The molecule has 1 aliphatic rings. The van der Waals surface area contributed by atoms with Gasteiger partial charge in [0, 0.05) is 31.9 Å². The SMILES string of the molecule is CN=N/C1=C(\C)c2ccccc2CC(CCC(=O)CCC(C)=O)Cc2ccccc21. The molecule has 1 unspecified atom stereocenters. The average molecular weight is 403 g/mol. The lowest BCUT2D eigenvalue weighted by molar-refractivity contribution is -0.123. The number of Topliss-reactive ketones (excluding diaryl/α,β-unsaturated/α-hetero) is 2. The van der Waals surface area contributed by atoms with Crippen LogP contribution in [0.2, 0.25) is 0 Å². The smallest absolute Gasteiger partial charge is 0.133 e. The van der Waals surface area contributed by atoms with Crippen LogP contribution in [0, 0.1) is 5.92 Å². The van der Waals surface area contributed by atoms with Gasteiger partial charge in [0.2, 0.25) is 0 Å². The lowest BCUT2D eigenvalue weighted by Crippen LogP contribution is -2.13. The van der Waals surface area contributed by atoms with Crippen molar-refractivity contribution in [2.45, 2.75) is 52.4 Å². The van der Waals surface area contributed by atoms with Crippen LogP contribution in [0.4, 0.5) is 0 Å². The molecule has 0 aromatic heterocycles. The van der Waals surface area contributed by atoms with Gasteiger partial charge in [0.05, 0.1) is 5.70 Å². The average Bonchev–Trinajstić information content (AvgIpc) is 2.78. The summed E-state index contributed by atoms with van der Waals surface area (Å²) in [6.07, 6.45) is 3.86. The van der Waals surface area contributed by atoms with Gasteiger partial charge in [-0.25, -0.2) is 0 Å². The van der Waals surface area contributed by atoms with E-state index in [1.54, 1.807) is 14.0 Å². The molecule has 1 aliphatic carbocycles. The normalized spacial score (nSPS) is 18.8. The molecule has 0 saturated carbocycles. The van der Waals surface area contributed by atoms with E-state index in [2.05, 4.69) is 59.6 Å². The van der Waals surface area contributed by atoms with E-state index >= 15 is 0 Å². The molecule has 0 saturated heterocycles. The highest BCUT2D eigenvalue weighted by Gasteiger charge is 2.22. The van der Waals surface area contributed by atoms with Crippen molar-refractivity contribution in [2.24, 2.45) is 16.1 Å². The molecule has 1 atom stereocenters. The van der Waals surface area contributed by atoms with E-state index in [4.69, 9.17) is 0 Å². The largest absolute Gasteiger partial charge is 0.300 e. The number of rotatable bonds is 7. The number of ketones is 2. The summed E-state index contributed by atoms with van der Waals surface area (Å²) < 4.78 is 0. The van der Waals surface area contributed by atoms with Gasteiger partial charge in [0.1, 0.15) is 11.6 Å². The molecular weight excluding hydrogens is 372 g/mol. The Balaban J connectivity index is 1.96. The summed E-state index contributed by atoms with van der Waals surface area (Å²) in [5, 5.41) is 8.60. The number of fused-ring (bicyclic) bond motifs is 2. The number of hydrogen-bond donors (Lipinski definition) is 0. The van der Waals surface area contributed by atoms with Crippen LogP contribution in [0.5, 0.6) is 0 Å². The molecule has 0 N–H and O–H groups in total. The summed E-state index contributed by atoms with van der Waals surface area (Å²) >= 11 is 0. The lowest BCUT2D eigenvalue weighted by atomic mass is 9.86. The fourth-order valence-electron chi connectivity index (χ4n) is 4.26. The van der Waals surface area contributed by atoms with Gasteiger partial charge in [0.15, 0.2) is 0 Å². The predicted molar refractivity (Wildman–Crippen MR) is 121 cm³/mol. The van der Waals surface area contributed by atoms with Crippen LogP contribution >= 0.6 is 0 Å². The Morgan fingerprint density at radius 1 is 0.900 bits per heavy atom. The lowest BCUT2D eigenvalue weighted by Gasteiger charge is -2.18. The fourth-order valence-corrected chi connectivity index (χ4v) is 4.26. The number of benzene rings is 2. The fraction of sp³-hybridized carbons (Fsp3) is 0.385. The first-order valence-corrected chi connectivity index (χ1v) is 10.7. The van der Waals surface area contributed by atoms with E-state index in [1.165, 1.54) is 16.7 Å². The maximum Gasteiger partial charge on any atom is 0.133 e. The molecule has 4 nitrogen and oxygen atoms in total. The third-order valence-corrected chi connectivity index (χ3v) is 5.85. The Hall–Kier alpha value is -2.88. The summed E-state index contributed by atoms with van der Waals surface area (Å²) in [5.74, 6) is 0.605. The van der Waals surface area contributed by atoms with Crippen molar-refractivity contribution in [3.63, 3.8) is 0 Å². The highest BCUT2D eigenvalue weighted by atomic mass is 16.1. The van der Waals surface area contributed by atoms with E-state index < -0.39 is 0 Å². The molecule has 0 aliphatic heterocycles. The minimum absolute atomic E-state index is 0.0767. The van der Waals surface area contributed by atoms with Crippen LogP contribution in [0.3, 0.4) is 0 Å². The molecule has 0 fully saturated rings. The van der Waals surface area contributed by atoms with Crippen LogP contribution in [-0.2, 0) is 22.4 Å². The molecule has 30 heavy (non-hydrogen) atoms. The van der Waals surface area contributed by atoms with Gasteiger partial charge in [-0.15, -0.1) is 0 Å². The van der Waals surface area contributed by atoms with Crippen molar-refractivity contribution in [2.75, 3.05) is 7.05 Å². The van der Waals surface area contributed by atoms with Gasteiger partial charge in [-0.2, -0.15) is 10.2 Å². The predicted octanol–water partition coefficient (Wildman–Crippen LogP) is 6.09. The molecule has 0 spiro atoms. The Morgan fingerprint density at radius 3 is 2.13 bits per heavy atom. The second-order valence-electron chi connectivity index (χ2n) is 8.14. The highest BCUT2D eigenvalue weighted by molar-refractivity contribution is 5.91. The van der Waals surface area contributed by atoms with Crippen molar-refractivity contribution < 1.29 is 9.59 Å². The van der Waals surface area contributed by atoms with Gasteiger partial charge >= 0.3 is 0 Å². The van der Waals surface area contributed by atoms with Gasteiger partial charge in [-0.05, 0) is 61.3 Å². The minimum Gasteiger partial charge on any atom is -0.300 e. The van der Waals surface area contributed by atoms with Crippen molar-refractivity contribution >= 4 is 22.8 Å². The van der Waals surface area contributed by atoms with Crippen molar-refractivity contribution in [3.05, 3.63) is 70.8 Å². The number of allylic oxidation sites excluding steroid dienone is 1. The van der Waals surface area contributed by atoms with Crippen LogP contribution in [0.25, 0.3) is 11.3 Å². The molecule has 0 bridgehead atoms. The molecule has 156 valence electrons. The van der Waals surface area contributed by atoms with Crippen LogP contribution < -0.4 is 0 Å². The van der Waals surface area contributed by atoms with Gasteiger partial charge in [0.25, 0.3) is 0 Å². The third-order valence-electron chi connectivity index (χ3n) is 5.85. The first-order valence-electron chi connectivity index (χ1n) is 10.7. The van der Waals surface area contributed by atoms with Crippen molar-refractivity contribution in [1.29, 1.82) is 0 Å². The van der Waals surface area contributed by atoms with E-state index in [1.807, 2.05) is 6.07 Å². The molecule has 4 heteroatoms. The Kier molecular flexibility index (Phi) is 7.45. The highest BCUT2D eigenvalue weighted by Crippen LogP contribution is 2.36. The van der Waals surface area contributed by atoms with Crippen molar-refractivity contribution in [1.82, 2.24) is 0 Å². The molecule has 0 amide bonds. The van der Waals surface area contributed by atoms with Crippen LogP contribution in [0.15, 0.2) is 58.8 Å². The van der Waals surface area contributed by atoms with Gasteiger partial charge in [-0.1, -0.05) is 48.5 Å². The first-order chi connectivity index (χ1) is 14.5. The molecule has 2 aromatic carbocycles. The number of azo groups is 1. The maximum atomic E-state index is 12.3. The Morgan fingerprint density at radius 2 is 1.50 bits per heavy atom. The topological polar surface area (TPSA) is 58.9 Å². The van der Waals surface area contributed by atoms with E-state index in [9.17, 15) is 9.59 Å². The number of carbonyl (C=O) groups excluding carboxylic acids is 2. The standard InChI is InChI=1S/C26H30N2O2/c1-18(29)12-14-23(30)15-13-20-16-21-8-4-6-10-24(21)19(2)26(28-27-3)25-11-7-5-9-22(25)17-20/h4-11,20H,12-17H2,1-3H3/b26-19+,28-27?. The van der Waals surface area contributed by atoms with Crippen LogP contribution in [0.1, 0.15) is 61.8 Å². The zero-order valence-corrected chi connectivity index (χ0v) is 18.1. The van der Waals surface area contributed by atoms with Crippen molar-refractivity contribution in [3.8, 4) is 0 Å². The molecule has 2 aromatic rings. The number of carbonyl (C=O) groups is 2. The third kappa shape index (κ3) is 5.38. The summed E-state index contributed by atoms with van der Waals surface area (Å²) in [7, 11) is 1.71. The Bertz CT molecular complexity index is 988. The summed E-state index contributed by atoms with van der Waals surface area (Å²) in [5.41, 5.74) is 6.89.